The van der Waals surface area contributed by atoms with Crippen LogP contribution in [-0.4, -0.2) is 29.7 Å². The van der Waals surface area contributed by atoms with Crippen molar-refractivity contribution in [2.45, 2.75) is 52.5 Å². The second kappa shape index (κ2) is 6.59. The van der Waals surface area contributed by atoms with Gasteiger partial charge in [-0.3, -0.25) is 0 Å². The molecular weight excluding hydrogens is 244 g/mol. The van der Waals surface area contributed by atoms with Gasteiger partial charge in [0, 0.05) is 6.54 Å². The first-order valence-electron chi connectivity index (χ1n) is 6.76. The number of allylic oxidation sites excluding steroid dienone is 1. The van der Waals surface area contributed by atoms with Crippen molar-refractivity contribution in [3.05, 3.63) is 11.6 Å². The van der Waals surface area contributed by atoms with Crippen LogP contribution in [0.4, 0.5) is 4.79 Å². The van der Waals surface area contributed by atoms with Crippen molar-refractivity contribution in [2.75, 3.05) is 6.54 Å². The van der Waals surface area contributed by atoms with E-state index >= 15 is 0 Å². The summed E-state index contributed by atoms with van der Waals surface area (Å²) in [7, 11) is 0. The Kier molecular flexibility index (Phi) is 5.39. The highest BCUT2D eigenvalue weighted by Gasteiger charge is 2.32. The number of hydrogen-bond donors (Lipinski definition) is 3. The number of aliphatic carboxylic acids is 1. The summed E-state index contributed by atoms with van der Waals surface area (Å²) in [4.78, 5) is 22.8. The molecule has 1 unspecified atom stereocenters. The fourth-order valence-corrected chi connectivity index (χ4v) is 2.13. The molecule has 3 N–H and O–H groups in total. The number of carboxylic acids is 1. The number of carbonyl (C=O) groups excluding carboxylic acids is 1. The summed E-state index contributed by atoms with van der Waals surface area (Å²) in [5.74, 6) is -1.01. The molecule has 1 aliphatic rings. The Balaban J connectivity index is 2.34. The highest BCUT2D eigenvalue weighted by atomic mass is 16.4. The van der Waals surface area contributed by atoms with E-state index in [2.05, 4.69) is 16.7 Å². The van der Waals surface area contributed by atoms with Gasteiger partial charge in [-0.25, -0.2) is 9.59 Å². The normalized spacial score (nSPS) is 16.7. The Hall–Kier alpha value is -1.52. The van der Waals surface area contributed by atoms with Crippen molar-refractivity contribution in [1.82, 2.24) is 10.6 Å². The van der Waals surface area contributed by atoms with Crippen LogP contribution in [0.25, 0.3) is 0 Å². The molecule has 0 saturated carbocycles. The molecule has 0 fully saturated rings. The zero-order valence-electron chi connectivity index (χ0n) is 12.0. The molecule has 1 aliphatic carbocycles. The zero-order chi connectivity index (χ0) is 14.5. The maximum absolute atomic E-state index is 11.7. The van der Waals surface area contributed by atoms with Crippen molar-refractivity contribution in [3.8, 4) is 0 Å². The predicted octanol–water partition coefficient (Wildman–Crippen LogP) is 2.29. The monoisotopic (exact) mass is 268 g/mol. The van der Waals surface area contributed by atoms with E-state index in [1.165, 1.54) is 12.0 Å². The molecule has 0 saturated heterocycles. The van der Waals surface area contributed by atoms with Gasteiger partial charge in [0.25, 0.3) is 0 Å². The van der Waals surface area contributed by atoms with Gasteiger partial charge in [-0.1, -0.05) is 32.4 Å². The largest absolute Gasteiger partial charge is 0.480 e. The van der Waals surface area contributed by atoms with Crippen LogP contribution in [0.3, 0.4) is 0 Å². The summed E-state index contributed by atoms with van der Waals surface area (Å²) in [6, 6.07) is -1.31. The van der Waals surface area contributed by atoms with Gasteiger partial charge in [-0.05, 0) is 31.1 Å². The number of carboxylic acid groups (broad SMARTS) is 1. The molecule has 108 valence electrons. The number of urea groups is 1. The van der Waals surface area contributed by atoms with Gasteiger partial charge in [0.1, 0.15) is 6.04 Å². The fourth-order valence-electron chi connectivity index (χ4n) is 2.13. The maximum Gasteiger partial charge on any atom is 0.326 e. The van der Waals surface area contributed by atoms with E-state index in [-0.39, 0.29) is 0 Å². The van der Waals surface area contributed by atoms with Crippen LogP contribution in [0.2, 0.25) is 0 Å². The standard InChI is InChI=1S/C14H24N2O3/c1-14(2,3)11(12(17)18)16-13(19)15-9-8-10-6-4-5-7-10/h6,11H,4-5,7-9H2,1-3H3,(H,17,18)(H2,15,16,19). The Morgan fingerprint density at radius 3 is 2.58 bits per heavy atom. The van der Waals surface area contributed by atoms with Crippen LogP contribution in [-0.2, 0) is 4.79 Å². The first-order valence-corrected chi connectivity index (χ1v) is 6.76. The van der Waals surface area contributed by atoms with Gasteiger partial charge in [0.15, 0.2) is 0 Å². The van der Waals surface area contributed by atoms with E-state index < -0.39 is 23.5 Å². The number of amides is 2. The van der Waals surface area contributed by atoms with Crippen LogP contribution in [0.15, 0.2) is 11.6 Å². The summed E-state index contributed by atoms with van der Waals surface area (Å²) in [6.07, 6.45) is 6.51. The molecule has 5 heteroatoms. The van der Waals surface area contributed by atoms with Crippen LogP contribution in [0.5, 0.6) is 0 Å². The van der Waals surface area contributed by atoms with Crippen molar-refractivity contribution >= 4 is 12.0 Å². The smallest absolute Gasteiger partial charge is 0.326 e. The average Bonchev–Trinajstić information content (AvgIpc) is 2.77. The van der Waals surface area contributed by atoms with Gasteiger partial charge in [-0.15, -0.1) is 0 Å². The van der Waals surface area contributed by atoms with Crippen molar-refractivity contribution < 1.29 is 14.7 Å². The summed E-state index contributed by atoms with van der Waals surface area (Å²) in [5.41, 5.74) is 0.864. The molecule has 0 spiro atoms. The zero-order valence-corrected chi connectivity index (χ0v) is 12.0. The third kappa shape index (κ3) is 5.32. The lowest BCUT2D eigenvalue weighted by molar-refractivity contribution is -0.141. The second-order valence-electron chi connectivity index (χ2n) is 6.04. The summed E-state index contributed by atoms with van der Waals surface area (Å²) < 4.78 is 0. The Morgan fingerprint density at radius 1 is 1.42 bits per heavy atom. The molecule has 19 heavy (non-hydrogen) atoms. The lowest BCUT2D eigenvalue weighted by Crippen LogP contribution is -2.52. The van der Waals surface area contributed by atoms with E-state index in [1.54, 1.807) is 20.8 Å². The topological polar surface area (TPSA) is 78.4 Å². The number of hydrogen-bond acceptors (Lipinski definition) is 2. The van der Waals surface area contributed by atoms with Crippen LogP contribution < -0.4 is 10.6 Å². The quantitative estimate of drug-likeness (QED) is 0.669. The van der Waals surface area contributed by atoms with Crippen LogP contribution >= 0.6 is 0 Å². The first kappa shape index (κ1) is 15.5. The molecule has 0 aromatic rings. The number of carbonyl (C=O) groups is 2. The van der Waals surface area contributed by atoms with Gasteiger partial charge < -0.3 is 15.7 Å². The average molecular weight is 268 g/mol. The highest BCUT2D eigenvalue weighted by molar-refractivity contribution is 5.83. The molecule has 1 atom stereocenters. The number of rotatable bonds is 5. The molecule has 0 aliphatic heterocycles. The molecule has 0 aromatic carbocycles. The van der Waals surface area contributed by atoms with Crippen molar-refractivity contribution in [1.29, 1.82) is 0 Å². The minimum atomic E-state index is -1.01. The first-order chi connectivity index (χ1) is 8.80. The van der Waals surface area contributed by atoms with Gasteiger partial charge in [0.2, 0.25) is 0 Å². The van der Waals surface area contributed by atoms with E-state index in [9.17, 15) is 9.59 Å². The van der Waals surface area contributed by atoms with E-state index in [0.717, 1.165) is 19.3 Å². The van der Waals surface area contributed by atoms with Crippen molar-refractivity contribution in [3.63, 3.8) is 0 Å². The van der Waals surface area contributed by atoms with Gasteiger partial charge in [-0.2, -0.15) is 0 Å². The van der Waals surface area contributed by atoms with Gasteiger partial charge in [0.05, 0.1) is 0 Å². The minimum Gasteiger partial charge on any atom is -0.480 e. The molecule has 0 aromatic heterocycles. The molecule has 0 heterocycles. The molecule has 5 nitrogen and oxygen atoms in total. The molecule has 2 amide bonds. The molecular formula is C14H24N2O3. The third-order valence-corrected chi connectivity index (χ3v) is 3.26. The third-order valence-electron chi connectivity index (χ3n) is 3.26. The summed E-state index contributed by atoms with van der Waals surface area (Å²) in [5, 5.41) is 14.3. The predicted molar refractivity (Wildman–Crippen MR) is 74.0 cm³/mol. The summed E-state index contributed by atoms with van der Waals surface area (Å²) in [6.45, 7) is 5.91. The molecule has 1 rings (SSSR count). The minimum absolute atomic E-state index is 0.416. The van der Waals surface area contributed by atoms with Gasteiger partial charge >= 0.3 is 12.0 Å². The van der Waals surface area contributed by atoms with E-state index in [0.29, 0.717) is 6.54 Å². The highest BCUT2D eigenvalue weighted by Crippen LogP contribution is 2.20. The lowest BCUT2D eigenvalue weighted by Gasteiger charge is -2.27. The molecule has 0 radical (unpaired) electrons. The SMILES string of the molecule is CC(C)(C)C(NC(=O)NCCC1=CCCC1)C(=O)O. The molecule has 0 bridgehead atoms. The maximum atomic E-state index is 11.7. The Bertz CT molecular complexity index is 369. The van der Waals surface area contributed by atoms with Crippen molar-refractivity contribution in [2.24, 2.45) is 5.41 Å². The summed E-state index contributed by atoms with van der Waals surface area (Å²) >= 11 is 0. The fraction of sp³-hybridized carbons (Fsp3) is 0.714. The second-order valence-corrected chi connectivity index (χ2v) is 6.04. The van der Waals surface area contributed by atoms with E-state index in [4.69, 9.17) is 5.11 Å². The number of nitrogens with one attached hydrogen (secondary N) is 2. The van der Waals surface area contributed by atoms with Crippen LogP contribution in [0, 0.1) is 5.41 Å². The van der Waals surface area contributed by atoms with Crippen LogP contribution in [0.1, 0.15) is 46.5 Å². The Labute approximate surface area is 114 Å². The Morgan fingerprint density at radius 2 is 2.11 bits per heavy atom. The van der Waals surface area contributed by atoms with E-state index in [1.807, 2.05) is 0 Å². The lowest BCUT2D eigenvalue weighted by atomic mass is 9.87.